The van der Waals surface area contributed by atoms with Crippen LogP contribution in [-0.2, 0) is 6.42 Å². The van der Waals surface area contributed by atoms with Crippen molar-refractivity contribution in [2.45, 2.75) is 38.5 Å². The van der Waals surface area contributed by atoms with Gasteiger partial charge in [-0.25, -0.2) is 0 Å². The molecule has 3 aromatic rings. The highest BCUT2D eigenvalue weighted by molar-refractivity contribution is 5.83. The second kappa shape index (κ2) is 8.72. The molecule has 1 unspecified atom stereocenters. The first-order chi connectivity index (χ1) is 12.3. The Morgan fingerprint density at radius 3 is 2.60 bits per heavy atom. The van der Waals surface area contributed by atoms with Crippen molar-refractivity contribution < 1.29 is 4.74 Å². The Kier molecular flexibility index (Phi) is 6.13. The molecule has 0 aliphatic carbocycles. The largest absolute Gasteiger partial charge is 0.494 e. The first kappa shape index (κ1) is 17.6. The van der Waals surface area contributed by atoms with Crippen LogP contribution >= 0.6 is 0 Å². The molecule has 0 spiro atoms. The molecule has 0 saturated carbocycles. The van der Waals surface area contributed by atoms with Crippen molar-refractivity contribution in [1.82, 2.24) is 4.98 Å². The first-order valence-electron chi connectivity index (χ1n) is 9.29. The summed E-state index contributed by atoms with van der Waals surface area (Å²) < 4.78 is 5.79. The minimum Gasteiger partial charge on any atom is -0.494 e. The normalized spacial score (nSPS) is 12.4. The van der Waals surface area contributed by atoms with Gasteiger partial charge < -0.3 is 15.5 Å². The van der Waals surface area contributed by atoms with Crippen molar-refractivity contribution >= 4 is 10.9 Å². The second-order valence-electron chi connectivity index (χ2n) is 6.63. The summed E-state index contributed by atoms with van der Waals surface area (Å²) in [5.41, 5.74) is 9.86. The zero-order chi connectivity index (χ0) is 17.5. The summed E-state index contributed by atoms with van der Waals surface area (Å²) in [6.07, 6.45) is 6.60. The zero-order valence-corrected chi connectivity index (χ0v) is 15.0. The van der Waals surface area contributed by atoms with Gasteiger partial charge in [0.15, 0.2) is 0 Å². The van der Waals surface area contributed by atoms with E-state index in [4.69, 9.17) is 10.5 Å². The smallest absolute Gasteiger partial charge is 0.119 e. The van der Waals surface area contributed by atoms with Gasteiger partial charge in [-0.1, -0.05) is 50.1 Å². The first-order valence-corrected chi connectivity index (χ1v) is 9.29. The van der Waals surface area contributed by atoms with Crippen molar-refractivity contribution in [3.05, 3.63) is 65.9 Å². The SMILES string of the molecule is CCCCCOc1ccc(CC(CN)c2c[nH]c3ccccc23)cc1. The third-order valence-corrected chi connectivity index (χ3v) is 4.77. The van der Waals surface area contributed by atoms with Crippen LogP contribution < -0.4 is 10.5 Å². The van der Waals surface area contributed by atoms with Gasteiger partial charge in [-0.15, -0.1) is 0 Å². The lowest BCUT2D eigenvalue weighted by molar-refractivity contribution is 0.306. The van der Waals surface area contributed by atoms with E-state index < -0.39 is 0 Å². The molecule has 2 aromatic carbocycles. The maximum Gasteiger partial charge on any atom is 0.119 e. The molecule has 0 radical (unpaired) electrons. The van der Waals surface area contributed by atoms with Crippen molar-refractivity contribution in [3.63, 3.8) is 0 Å². The van der Waals surface area contributed by atoms with Gasteiger partial charge in [0.1, 0.15) is 5.75 Å². The third kappa shape index (κ3) is 4.43. The summed E-state index contributed by atoms with van der Waals surface area (Å²) in [6.45, 7) is 3.64. The summed E-state index contributed by atoms with van der Waals surface area (Å²) in [5, 5.41) is 1.27. The number of H-pyrrole nitrogens is 1. The zero-order valence-electron chi connectivity index (χ0n) is 15.0. The molecule has 25 heavy (non-hydrogen) atoms. The van der Waals surface area contributed by atoms with E-state index in [0.29, 0.717) is 12.5 Å². The Balaban J connectivity index is 1.65. The molecule has 132 valence electrons. The van der Waals surface area contributed by atoms with Crippen LogP contribution in [0.3, 0.4) is 0 Å². The Morgan fingerprint density at radius 2 is 1.84 bits per heavy atom. The Labute approximate surface area is 150 Å². The summed E-state index contributed by atoms with van der Waals surface area (Å²) in [4.78, 5) is 3.36. The van der Waals surface area contributed by atoms with Gasteiger partial charge in [-0.2, -0.15) is 0 Å². The monoisotopic (exact) mass is 336 g/mol. The molecule has 1 atom stereocenters. The standard InChI is InChI=1S/C22H28N2O/c1-2-3-6-13-25-19-11-9-17(10-12-19)14-18(15-23)21-16-24-22-8-5-4-7-20(21)22/h4-5,7-12,16,18,24H,2-3,6,13-15,23H2,1H3. The molecular formula is C22H28N2O. The lowest BCUT2D eigenvalue weighted by Gasteiger charge is -2.15. The summed E-state index contributed by atoms with van der Waals surface area (Å²) in [5.74, 6) is 1.27. The van der Waals surface area contributed by atoms with E-state index in [9.17, 15) is 0 Å². The number of benzene rings is 2. The average molecular weight is 336 g/mol. The molecule has 3 rings (SSSR count). The van der Waals surface area contributed by atoms with Gasteiger partial charge >= 0.3 is 0 Å². The molecule has 0 aliphatic heterocycles. The average Bonchev–Trinajstić information content (AvgIpc) is 3.08. The van der Waals surface area contributed by atoms with Crippen molar-refractivity contribution in [3.8, 4) is 5.75 Å². The number of aromatic nitrogens is 1. The van der Waals surface area contributed by atoms with Crippen LogP contribution in [-0.4, -0.2) is 18.1 Å². The number of aromatic amines is 1. The minimum atomic E-state index is 0.312. The van der Waals surface area contributed by atoms with E-state index in [1.165, 1.54) is 34.9 Å². The molecule has 0 saturated heterocycles. The highest BCUT2D eigenvalue weighted by Crippen LogP contribution is 2.28. The Bertz CT molecular complexity index is 776. The van der Waals surface area contributed by atoms with Gasteiger partial charge in [0.25, 0.3) is 0 Å². The summed E-state index contributed by atoms with van der Waals surface area (Å²) >= 11 is 0. The number of para-hydroxylation sites is 1. The number of hydrogen-bond donors (Lipinski definition) is 2. The van der Waals surface area contributed by atoms with Crippen LogP contribution in [0, 0.1) is 0 Å². The third-order valence-electron chi connectivity index (χ3n) is 4.77. The lowest BCUT2D eigenvalue weighted by atomic mass is 9.92. The number of hydrogen-bond acceptors (Lipinski definition) is 2. The fraction of sp³-hybridized carbons (Fsp3) is 0.364. The fourth-order valence-electron chi connectivity index (χ4n) is 3.30. The van der Waals surface area contributed by atoms with Gasteiger partial charge in [0.05, 0.1) is 6.61 Å². The quantitative estimate of drug-likeness (QED) is 0.539. The van der Waals surface area contributed by atoms with Crippen LogP contribution in [0.4, 0.5) is 0 Å². The number of fused-ring (bicyclic) bond motifs is 1. The molecule has 0 amide bonds. The van der Waals surface area contributed by atoms with Crippen molar-refractivity contribution in [1.29, 1.82) is 0 Å². The fourth-order valence-corrected chi connectivity index (χ4v) is 3.30. The molecule has 0 aliphatic rings. The number of unbranched alkanes of at least 4 members (excludes halogenated alkanes) is 2. The molecule has 3 N–H and O–H groups in total. The summed E-state index contributed by atoms with van der Waals surface area (Å²) in [7, 11) is 0. The topological polar surface area (TPSA) is 51.0 Å². The van der Waals surface area contributed by atoms with Gasteiger partial charge in [-0.05, 0) is 48.7 Å². The van der Waals surface area contributed by atoms with E-state index in [1.807, 2.05) is 0 Å². The lowest BCUT2D eigenvalue weighted by Crippen LogP contribution is -2.14. The number of nitrogens with one attached hydrogen (secondary N) is 1. The second-order valence-corrected chi connectivity index (χ2v) is 6.63. The van der Waals surface area contributed by atoms with Gasteiger partial charge in [0.2, 0.25) is 0 Å². The molecule has 3 heteroatoms. The van der Waals surface area contributed by atoms with Gasteiger partial charge in [-0.3, -0.25) is 0 Å². The van der Waals surface area contributed by atoms with Crippen molar-refractivity contribution in [2.75, 3.05) is 13.2 Å². The minimum absolute atomic E-state index is 0.312. The summed E-state index contributed by atoms with van der Waals surface area (Å²) in [6, 6.07) is 16.9. The highest BCUT2D eigenvalue weighted by Gasteiger charge is 2.15. The van der Waals surface area contributed by atoms with Crippen LogP contribution in [0.1, 0.15) is 43.2 Å². The van der Waals surface area contributed by atoms with E-state index in [2.05, 4.69) is 66.6 Å². The van der Waals surface area contributed by atoms with Crippen LogP contribution in [0.15, 0.2) is 54.7 Å². The molecular weight excluding hydrogens is 308 g/mol. The van der Waals surface area contributed by atoms with Crippen molar-refractivity contribution in [2.24, 2.45) is 5.73 Å². The molecule has 1 heterocycles. The van der Waals surface area contributed by atoms with E-state index in [0.717, 1.165) is 25.2 Å². The highest BCUT2D eigenvalue weighted by atomic mass is 16.5. The number of nitrogens with two attached hydrogens (primary N) is 1. The number of rotatable bonds is 9. The Morgan fingerprint density at radius 1 is 1.04 bits per heavy atom. The van der Waals surface area contributed by atoms with Crippen LogP contribution in [0.25, 0.3) is 10.9 Å². The van der Waals surface area contributed by atoms with E-state index in [1.54, 1.807) is 0 Å². The maximum absolute atomic E-state index is 6.09. The molecule has 0 fully saturated rings. The number of ether oxygens (including phenoxy) is 1. The van der Waals surface area contributed by atoms with Gasteiger partial charge in [0, 0.05) is 23.0 Å². The predicted molar refractivity (Wildman–Crippen MR) is 105 cm³/mol. The van der Waals surface area contributed by atoms with Crippen LogP contribution in [0.5, 0.6) is 5.75 Å². The molecule has 0 bridgehead atoms. The molecule has 3 nitrogen and oxygen atoms in total. The molecule has 1 aromatic heterocycles. The predicted octanol–water partition coefficient (Wildman–Crippen LogP) is 5.02. The van der Waals surface area contributed by atoms with E-state index in [-0.39, 0.29) is 0 Å². The van der Waals surface area contributed by atoms with Crippen LogP contribution in [0.2, 0.25) is 0 Å². The maximum atomic E-state index is 6.09. The Hall–Kier alpha value is -2.26. The van der Waals surface area contributed by atoms with E-state index >= 15 is 0 Å².